The third-order valence-electron chi connectivity index (χ3n) is 4.75. The van der Waals surface area contributed by atoms with Gasteiger partial charge >= 0.3 is 0 Å². The van der Waals surface area contributed by atoms with E-state index in [1.807, 2.05) is 42.5 Å². The number of hydrogen-bond donors (Lipinski definition) is 0. The van der Waals surface area contributed by atoms with Crippen molar-refractivity contribution in [3.05, 3.63) is 64.4 Å². The number of nitrogens with zero attached hydrogens (tertiary/aromatic N) is 4. The Morgan fingerprint density at radius 1 is 1.10 bits per heavy atom. The zero-order chi connectivity index (χ0) is 20.8. The summed E-state index contributed by atoms with van der Waals surface area (Å²) in [5, 5.41) is 19.3. The molecule has 0 amide bonds. The summed E-state index contributed by atoms with van der Waals surface area (Å²) >= 11 is 1.39. The minimum atomic E-state index is -0.267. The molecule has 3 aromatic rings. The molecule has 6 heteroatoms. The third kappa shape index (κ3) is 4.50. The second-order valence-electron chi connectivity index (χ2n) is 7.10. The lowest BCUT2D eigenvalue weighted by Gasteiger charge is -2.18. The number of para-hydroxylation sites is 2. The minimum absolute atomic E-state index is 0.114. The van der Waals surface area contributed by atoms with E-state index >= 15 is 0 Å². The van der Waals surface area contributed by atoms with Crippen molar-refractivity contribution in [3.63, 3.8) is 0 Å². The molecule has 1 atom stereocenters. The van der Waals surface area contributed by atoms with Gasteiger partial charge in [-0.3, -0.25) is 9.36 Å². The molecule has 3 rings (SSSR count). The number of hydrogen-bond acceptors (Lipinski definition) is 5. The maximum atomic E-state index is 13.4. The lowest BCUT2D eigenvalue weighted by molar-refractivity contribution is 0.682. The molecule has 0 saturated carbocycles. The van der Waals surface area contributed by atoms with Gasteiger partial charge < -0.3 is 0 Å². The highest BCUT2D eigenvalue weighted by atomic mass is 32.2. The van der Waals surface area contributed by atoms with Crippen LogP contribution in [0.3, 0.4) is 0 Å². The molecule has 1 aromatic heterocycles. The van der Waals surface area contributed by atoms with E-state index in [1.54, 1.807) is 10.6 Å². The van der Waals surface area contributed by atoms with Gasteiger partial charge in [-0.15, -0.1) is 0 Å². The molecule has 0 unspecified atom stereocenters. The van der Waals surface area contributed by atoms with Crippen molar-refractivity contribution in [2.75, 3.05) is 5.75 Å². The quantitative estimate of drug-likeness (QED) is 0.408. The van der Waals surface area contributed by atoms with E-state index in [1.165, 1.54) is 11.8 Å². The Balaban J connectivity index is 2.14. The Kier molecular flexibility index (Phi) is 6.69. The van der Waals surface area contributed by atoms with Gasteiger partial charge in [-0.2, -0.15) is 10.5 Å². The maximum Gasteiger partial charge on any atom is 0.266 e. The fraction of sp³-hybridized carbons (Fsp3) is 0.304. The molecule has 0 fully saturated rings. The van der Waals surface area contributed by atoms with E-state index in [0.717, 1.165) is 11.3 Å². The number of rotatable bonds is 7. The van der Waals surface area contributed by atoms with Gasteiger partial charge in [-0.25, -0.2) is 4.98 Å². The summed E-state index contributed by atoms with van der Waals surface area (Å²) in [5.74, 6) is 0.453. The topological polar surface area (TPSA) is 82.5 Å². The number of nitriles is 2. The van der Waals surface area contributed by atoms with Crippen molar-refractivity contribution >= 4 is 22.7 Å². The number of aromatic nitrogens is 2. The molecule has 2 aromatic carbocycles. The van der Waals surface area contributed by atoms with E-state index in [0.29, 0.717) is 34.7 Å². The molecule has 0 spiro atoms. The van der Waals surface area contributed by atoms with Gasteiger partial charge in [0.15, 0.2) is 5.16 Å². The van der Waals surface area contributed by atoms with Gasteiger partial charge in [-0.05, 0) is 36.1 Å². The molecule has 29 heavy (non-hydrogen) atoms. The summed E-state index contributed by atoms with van der Waals surface area (Å²) < 4.78 is 1.67. The van der Waals surface area contributed by atoms with Crippen molar-refractivity contribution in [1.29, 1.82) is 10.5 Å². The molecule has 0 aliphatic carbocycles. The Bertz CT molecular complexity index is 1150. The van der Waals surface area contributed by atoms with Gasteiger partial charge in [0.1, 0.15) is 0 Å². The second-order valence-corrected chi connectivity index (χ2v) is 8.09. The lowest BCUT2D eigenvalue weighted by atomic mass is 10.0. The summed E-state index contributed by atoms with van der Waals surface area (Å²) in [6.45, 7) is 4.19. The highest BCUT2D eigenvalue weighted by Crippen LogP contribution is 2.28. The molecule has 146 valence electrons. The molecule has 0 saturated heterocycles. The monoisotopic (exact) mass is 402 g/mol. The minimum Gasteiger partial charge on any atom is -0.268 e. The van der Waals surface area contributed by atoms with Gasteiger partial charge in [0.25, 0.3) is 5.56 Å². The Hall–Kier alpha value is -3.09. The van der Waals surface area contributed by atoms with E-state index in [2.05, 4.69) is 26.0 Å². The fourth-order valence-corrected chi connectivity index (χ4v) is 4.26. The van der Waals surface area contributed by atoms with Crippen molar-refractivity contribution in [2.45, 2.75) is 37.8 Å². The molecule has 0 bridgehead atoms. The molecule has 5 nitrogen and oxygen atoms in total. The van der Waals surface area contributed by atoms with Crippen molar-refractivity contribution in [1.82, 2.24) is 9.55 Å². The first-order valence-corrected chi connectivity index (χ1v) is 10.6. The Morgan fingerprint density at radius 2 is 1.83 bits per heavy atom. The highest BCUT2D eigenvalue weighted by Gasteiger charge is 2.18. The maximum absolute atomic E-state index is 13.4. The van der Waals surface area contributed by atoms with Gasteiger partial charge in [0.2, 0.25) is 0 Å². The van der Waals surface area contributed by atoms with Crippen LogP contribution in [0.5, 0.6) is 0 Å². The van der Waals surface area contributed by atoms with Crippen LogP contribution in [0.25, 0.3) is 16.6 Å². The molecule has 0 aliphatic heterocycles. The smallest absolute Gasteiger partial charge is 0.266 e. The van der Waals surface area contributed by atoms with Gasteiger partial charge in [0, 0.05) is 12.2 Å². The average molecular weight is 403 g/mol. The van der Waals surface area contributed by atoms with Crippen LogP contribution in [0.4, 0.5) is 0 Å². The van der Waals surface area contributed by atoms with Crippen molar-refractivity contribution in [3.8, 4) is 17.8 Å². The summed E-state index contributed by atoms with van der Waals surface area (Å²) in [6, 6.07) is 19.5. The van der Waals surface area contributed by atoms with E-state index in [9.17, 15) is 10.1 Å². The first-order chi connectivity index (χ1) is 14.1. The Labute approximate surface area is 174 Å². The molecule has 0 aliphatic rings. The first kappa shape index (κ1) is 20.6. The first-order valence-electron chi connectivity index (χ1n) is 9.57. The highest BCUT2D eigenvalue weighted by molar-refractivity contribution is 7.99. The molecule has 0 radical (unpaired) electrons. The van der Waals surface area contributed by atoms with Gasteiger partial charge in [-0.1, -0.05) is 55.9 Å². The Morgan fingerprint density at radius 3 is 2.55 bits per heavy atom. The molecular weight excluding hydrogens is 380 g/mol. The van der Waals surface area contributed by atoms with Crippen LogP contribution in [0.15, 0.2) is 58.5 Å². The summed E-state index contributed by atoms with van der Waals surface area (Å²) in [4.78, 5) is 18.2. The summed E-state index contributed by atoms with van der Waals surface area (Å²) in [6.07, 6.45) is 0.854. The summed E-state index contributed by atoms with van der Waals surface area (Å²) in [5.41, 5.74) is 2.41. The van der Waals surface area contributed by atoms with E-state index in [-0.39, 0.29) is 17.4 Å². The molecular formula is C23H22N4OS. The average Bonchev–Trinajstić information content (AvgIpc) is 2.74. The number of thioether (sulfide) groups is 1. The van der Waals surface area contributed by atoms with Crippen LogP contribution in [-0.2, 0) is 0 Å². The lowest BCUT2D eigenvalue weighted by Crippen LogP contribution is -2.23. The van der Waals surface area contributed by atoms with Crippen molar-refractivity contribution < 1.29 is 0 Å². The van der Waals surface area contributed by atoms with Crippen LogP contribution in [0.2, 0.25) is 0 Å². The predicted molar refractivity (Wildman–Crippen MR) is 116 cm³/mol. The van der Waals surface area contributed by atoms with Crippen LogP contribution in [-0.4, -0.2) is 15.3 Å². The molecule has 0 N–H and O–H groups in total. The van der Waals surface area contributed by atoms with Crippen LogP contribution >= 0.6 is 11.8 Å². The van der Waals surface area contributed by atoms with E-state index < -0.39 is 0 Å². The van der Waals surface area contributed by atoms with Crippen LogP contribution in [0, 0.1) is 28.6 Å². The van der Waals surface area contributed by atoms with Gasteiger partial charge in [0.05, 0.1) is 34.6 Å². The normalized spacial score (nSPS) is 11.9. The second kappa shape index (κ2) is 9.41. The summed E-state index contributed by atoms with van der Waals surface area (Å²) in [7, 11) is 0. The van der Waals surface area contributed by atoms with E-state index in [4.69, 9.17) is 10.2 Å². The fourth-order valence-electron chi connectivity index (χ4n) is 3.20. The van der Waals surface area contributed by atoms with Crippen LogP contribution < -0.4 is 5.56 Å². The number of fused-ring (bicyclic) bond motifs is 1. The number of benzene rings is 2. The zero-order valence-corrected chi connectivity index (χ0v) is 17.3. The third-order valence-corrected chi connectivity index (χ3v) is 5.85. The SMILES string of the molecule is CC(C)c1ccccc1-n1c(SC[C@@H](C#N)CCC#N)nc2ccccc2c1=O. The zero-order valence-electron chi connectivity index (χ0n) is 16.5. The largest absolute Gasteiger partial charge is 0.268 e. The van der Waals surface area contributed by atoms with Crippen LogP contribution in [0.1, 0.15) is 38.2 Å². The molecule has 1 heterocycles. The predicted octanol–water partition coefficient (Wildman–Crippen LogP) is 5.04. The van der Waals surface area contributed by atoms with Crippen molar-refractivity contribution in [2.24, 2.45) is 5.92 Å². The standard InChI is InChI=1S/C23H22N4OS/c1-16(2)18-9-4-6-12-21(18)27-22(28)19-10-3-5-11-20(19)26-23(27)29-15-17(14-25)8-7-13-24/h3-6,9-12,16-17H,7-8,15H2,1-2H3/t17-/m1/s1.